The molecule has 4 aliphatic carbocycles. The molecule has 0 saturated heterocycles. The van der Waals surface area contributed by atoms with Crippen LogP contribution in [0.25, 0.3) is 0 Å². The predicted octanol–water partition coefficient (Wildman–Crippen LogP) is 6.63. The highest BCUT2D eigenvalue weighted by Crippen LogP contribution is 2.67. The molecule has 0 bridgehead atoms. The predicted molar refractivity (Wildman–Crippen MR) is 134 cm³/mol. The van der Waals surface area contributed by atoms with Gasteiger partial charge in [0.1, 0.15) is 5.78 Å². The third-order valence-corrected chi connectivity index (χ3v) is 11.8. The molecule has 4 aliphatic rings. The Morgan fingerprint density at radius 3 is 2.39 bits per heavy atom. The highest BCUT2D eigenvalue weighted by atomic mass is 28.4. The van der Waals surface area contributed by atoms with Crippen molar-refractivity contribution in [3.63, 3.8) is 0 Å². The zero-order chi connectivity index (χ0) is 24.2. The average Bonchev–Trinajstić information content (AvgIpc) is 3.09. The lowest BCUT2D eigenvalue weighted by Gasteiger charge is -2.60. The molecule has 4 nitrogen and oxygen atoms in total. The second-order valence-electron chi connectivity index (χ2n) is 13.6. The molecule has 0 radical (unpaired) electrons. The Hall–Kier alpha value is -0.683. The zero-order valence-electron chi connectivity index (χ0n) is 22.2. The van der Waals surface area contributed by atoms with E-state index >= 15 is 0 Å². The fourth-order valence-corrected chi connectivity index (χ4v) is 10.3. The van der Waals surface area contributed by atoms with E-state index in [1.165, 1.54) is 45.6 Å². The van der Waals surface area contributed by atoms with E-state index in [9.17, 15) is 9.59 Å². The minimum absolute atomic E-state index is 0.0969. The lowest BCUT2D eigenvalue weighted by Crippen LogP contribution is -2.57. The summed E-state index contributed by atoms with van der Waals surface area (Å²) in [6.45, 7) is 14.2. The Morgan fingerprint density at radius 2 is 1.73 bits per heavy atom. The van der Waals surface area contributed by atoms with Crippen LogP contribution < -0.4 is 0 Å². The molecule has 4 saturated carbocycles. The van der Waals surface area contributed by atoms with Gasteiger partial charge in [-0.3, -0.25) is 9.59 Å². The number of methoxy groups -OCH3 is 1. The third-order valence-electron chi connectivity index (χ3n) is 10.7. The first-order valence-corrected chi connectivity index (χ1v) is 17.1. The molecule has 188 valence electrons. The van der Waals surface area contributed by atoms with Gasteiger partial charge >= 0.3 is 5.97 Å². The summed E-state index contributed by atoms with van der Waals surface area (Å²) in [5, 5.41) is 0. The molecule has 4 rings (SSSR count). The van der Waals surface area contributed by atoms with Crippen LogP contribution in [0.3, 0.4) is 0 Å². The van der Waals surface area contributed by atoms with Gasteiger partial charge in [0.05, 0.1) is 7.11 Å². The standard InChI is InChI=1S/C28H48O4Si/c1-18(8-11-25(30)31-4)21-9-10-22-26-23(13-15-28(21,22)3)27(2)14-12-20(32-33(5,6)7)16-19(27)17-24(26)29/h18-23,26H,8-17H2,1-7H3/t18-,19+,20?,21?,22?,23?,26?,27+,28-/m1/s1. The van der Waals surface area contributed by atoms with Gasteiger partial charge in [0.15, 0.2) is 8.32 Å². The summed E-state index contributed by atoms with van der Waals surface area (Å²) in [5.41, 5.74) is 0.543. The van der Waals surface area contributed by atoms with Crippen molar-refractivity contribution in [3.05, 3.63) is 0 Å². The van der Waals surface area contributed by atoms with Crippen molar-refractivity contribution in [3.8, 4) is 0 Å². The molecule has 5 unspecified atom stereocenters. The van der Waals surface area contributed by atoms with Crippen molar-refractivity contribution >= 4 is 20.1 Å². The molecule has 0 heterocycles. The van der Waals surface area contributed by atoms with E-state index in [1.807, 2.05) is 0 Å². The van der Waals surface area contributed by atoms with E-state index in [4.69, 9.17) is 9.16 Å². The number of ketones is 1. The fourth-order valence-electron chi connectivity index (χ4n) is 9.12. The summed E-state index contributed by atoms with van der Waals surface area (Å²) in [7, 11) is -0.0731. The normalized spacial score (nSPS) is 43.9. The minimum atomic E-state index is -1.55. The lowest BCUT2D eigenvalue weighted by molar-refractivity contribution is -0.160. The van der Waals surface area contributed by atoms with Crippen LogP contribution in [0.2, 0.25) is 19.6 Å². The number of rotatable bonds is 6. The molecule has 9 atom stereocenters. The minimum Gasteiger partial charge on any atom is -0.469 e. The number of ether oxygens (including phenoxy) is 1. The van der Waals surface area contributed by atoms with E-state index in [0.29, 0.717) is 53.3 Å². The number of esters is 1. The summed E-state index contributed by atoms with van der Waals surface area (Å²) in [6.07, 6.45) is 10.9. The molecule has 0 spiro atoms. The van der Waals surface area contributed by atoms with E-state index in [0.717, 1.165) is 19.3 Å². The molecule has 4 fully saturated rings. The zero-order valence-corrected chi connectivity index (χ0v) is 23.2. The monoisotopic (exact) mass is 476 g/mol. The molecule has 0 N–H and O–H groups in total. The smallest absolute Gasteiger partial charge is 0.305 e. The van der Waals surface area contributed by atoms with Gasteiger partial charge < -0.3 is 9.16 Å². The van der Waals surface area contributed by atoms with Crippen LogP contribution in [0.5, 0.6) is 0 Å². The lowest BCUT2D eigenvalue weighted by atomic mass is 9.44. The first kappa shape index (κ1) is 25.4. The van der Waals surface area contributed by atoms with Gasteiger partial charge in [0, 0.05) is 24.9 Å². The molecule has 0 aromatic carbocycles. The second kappa shape index (κ2) is 9.08. The first-order valence-electron chi connectivity index (χ1n) is 13.7. The van der Waals surface area contributed by atoms with Crippen molar-refractivity contribution < 1.29 is 18.8 Å². The maximum atomic E-state index is 13.7. The van der Waals surface area contributed by atoms with Gasteiger partial charge in [-0.1, -0.05) is 20.8 Å². The molecule has 0 aromatic rings. The second-order valence-corrected chi connectivity index (χ2v) is 18.0. The van der Waals surface area contributed by atoms with Crippen LogP contribution in [0.15, 0.2) is 0 Å². The van der Waals surface area contributed by atoms with Crippen LogP contribution in [-0.4, -0.2) is 33.3 Å². The van der Waals surface area contributed by atoms with Gasteiger partial charge in [0.2, 0.25) is 0 Å². The highest BCUT2D eigenvalue weighted by Gasteiger charge is 2.63. The van der Waals surface area contributed by atoms with Crippen LogP contribution in [0.4, 0.5) is 0 Å². The van der Waals surface area contributed by atoms with Gasteiger partial charge in [-0.05, 0) is 111 Å². The van der Waals surface area contributed by atoms with Crippen molar-refractivity contribution in [1.29, 1.82) is 0 Å². The number of Topliss-reactive ketones (excluding diaryl/α,β-unsaturated/α-hetero) is 1. The average molecular weight is 477 g/mol. The summed E-state index contributed by atoms with van der Waals surface area (Å²) < 4.78 is 11.4. The molecule has 0 aliphatic heterocycles. The summed E-state index contributed by atoms with van der Waals surface area (Å²) in [4.78, 5) is 25.5. The van der Waals surface area contributed by atoms with Crippen molar-refractivity contribution in [2.24, 2.45) is 46.3 Å². The topological polar surface area (TPSA) is 52.6 Å². The van der Waals surface area contributed by atoms with Crippen molar-refractivity contribution in [2.45, 2.75) is 111 Å². The Bertz CT molecular complexity index is 759. The van der Waals surface area contributed by atoms with E-state index in [2.05, 4.69) is 40.4 Å². The highest BCUT2D eigenvalue weighted by molar-refractivity contribution is 6.69. The van der Waals surface area contributed by atoms with Gasteiger partial charge in [-0.2, -0.15) is 0 Å². The van der Waals surface area contributed by atoms with Crippen LogP contribution in [0.1, 0.15) is 85.0 Å². The quantitative estimate of drug-likeness (QED) is 0.319. The Morgan fingerprint density at radius 1 is 1.06 bits per heavy atom. The molecule has 33 heavy (non-hydrogen) atoms. The summed E-state index contributed by atoms with van der Waals surface area (Å²) in [5.74, 6) is 3.44. The molecule has 0 aromatic heterocycles. The summed E-state index contributed by atoms with van der Waals surface area (Å²) in [6, 6.07) is 0. The largest absolute Gasteiger partial charge is 0.469 e. The maximum absolute atomic E-state index is 13.7. The van der Waals surface area contributed by atoms with Crippen LogP contribution >= 0.6 is 0 Å². The molecule has 5 heteroatoms. The number of carbonyl (C=O) groups is 2. The number of hydrogen-bond donors (Lipinski definition) is 0. The number of carbonyl (C=O) groups excluding carboxylic acids is 2. The van der Waals surface area contributed by atoms with Gasteiger partial charge in [-0.15, -0.1) is 0 Å². The molecular weight excluding hydrogens is 428 g/mol. The Labute approximate surface area is 203 Å². The Kier molecular flexibility index (Phi) is 6.99. The molecule has 0 amide bonds. The van der Waals surface area contributed by atoms with E-state index in [-0.39, 0.29) is 17.3 Å². The van der Waals surface area contributed by atoms with Crippen molar-refractivity contribution in [2.75, 3.05) is 7.11 Å². The van der Waals surface area contributed by atoms with E-state index in [1.54, 1.807) is 0 Å². The van der Waals surface area contributed by atoms with Crippen LogP contribution in [-0.2, 0) is 18.8 Å². The first-order chi connectivity index (χ1) is 15.4. The number of fused-ring (bicyclic) bond motifs is 5. The maximum Gasteiger partial charge on any atom is 0.305 e. The number of hydrogen-bond acceptors (Lipinski definition) is 4. The van der Waals surface area contributed by atoms with Gasteiger partial charge in [0.25, 0.3) is 0 Å². The third kappa shape index (κ3) is 4.62. The fraction of sp³-hybridized carbons (Fsp3) is 0.929. The van der Waals surface area contributed by atoms with Gasteiger partial charge in [-0.25, -0.2) is 0 Å². The summed E-state index contributed by atoms with van der Waals surface area (Å²) >= 11 is 0. The van der Waals surface area contributed by atoms with Crippen LogP contribution in [0, 0.1) is 46.3 Å². The Balaban J connectivity index is 1.49. The molecular formula is C28H48O4Si. The SMILES string of the molecule is COC(=O)CC[C@@H](C)C1CCC2C3C(=O)C[C@@H]4CC(O[Si](C)(C)C)CC[C@]4(C)C3CC[C@@]21C. The van der Waals surface area contributed by atoms with E-state index < -0.39 is 8.32 Å². The van der Waals surface area contributed by atoms with Crippen molar-refractivity contribution in [1.82, 2.24) is 0 Å².